The van der Waals surface area contributed by atoms with Gasteiger partial charge in [0.2, 0.25) is 10.0 Å². The first-order valence-electron chi connectivity index (χ1n) is 15.5. The standard InChI is InChI=1S/C30H42F5N5O3S2/c1-21-6-11-37(12-7-21)17-23(41)18-40-26-8-13-39(45(2,42)43)19-24(26)28(36-40)22-4-5-25(30(33,34)35)27(16-22)44-15-14-38-10-3-9-29(31,32)20-38/h4-5,16,21,23,41H,3,6-15,17-20H2,1-2H3/t23-/m0/s1. The molecule has 2 saturated heterocycles. The predicted molar refractivity (Wildman–Crippen MR) is 164 cm³/mol. The minimum absolute atomic E-state index is 0.0241. The topological polar surface area (TPSA) is 81.9 Å². The molecule has 1 atom stereocenters. The van der Waals surface area contributed by atoms with Crippen molar-refractivity contribution in [1.82, 2.24) is 23.9 Å². The number of β-amino-alcohol motifs (C(OH)–C–C–N with tert-alkyl or cyclic N) is 1. The summed E-state index contributed by atoms with van der Waals surface area (Å²) in [4.78, 5) is 3.76. The number of hydrogen-bond acceptors (Lipinski definition) is 7. The Bertz CT molecular complexity index is 1440. The van der Waals surface area contributed by atoms with Gasteiger partial charge >= 0.3 is 6.18 Å². The molecule has 4 heterocycles. The number of piperidine rings is 2. The molecule has 3 aliphatic rings. The number of benzene rings is 1. The maximum absolute atomic E-state index is 14.0. The zero-order valence-electron chi connectivity index (χ0n) is 25.7. The quantitative estimate of drug-likeness (QED) is 0.286. The van der Waals surface area contributed by atoms with E-state index < -0.39 is 40.3 Å². The van der Waals surface area contributed by atoms with Crippen molar-refractivity contribution in [1.29, 1.82) is 0 Å². The molecule has 0 unspecified atom stereocenters. The Labute approximate surface area is 266 Å². The Balaban J connectivity index is 1.41. The second-order valence-electron chi connectivity index (χ2n) is 12.7. The Kier molecular flexibility index (Phi) is 10.6. The van der Waals surface area contributed by atoms with Crippen molar-refractivity contribution < 1.29 is 35.5 Å². The highest BCUT2D eigenvalue weighted by atomic mass is 32.2. The number of nitrogens with zero attached hydrogens (tertiary/aromatic N) is 5. The summed E-state index contributed by atoms with van der Waals surface area (Å²) in [7, 11) is -3.54. The normalized spacial score (nSPS) is 21.6. The zero-order chi connectivity index (χ0) is 32.6. The summed E-state index contributed by atoms with van der Waals surface area (Å²) < 4.78 is 97.7. The van der Waals surface area contributed by atoms with E-state index >= 15 is 0 Å². The summed E-state index contributed by atoms with van der Waals surface area (Å²) in [6.07, 6.45) is -1.60. The fourth-order valence-corrected chi connectivity index (χ4v) is 8.38. The van der Waals surface area contributed by atoms with Crippen LogP contribution >= 0.6 is 11.8 Å². The van der Waals surface area contributed by atoms with Gasteiger partial charge in [-0.15, -0.1) is 11.8 Å². The number of likely N-dealkylation sites (tertiary alicyclic amines) is 2. The van der Waals surface area contributed by atoms with Gasteiger partial charge < -0.3 is 10.0 Å². The molecule has 8 nitrogen and oxygen atoms in total. The van der Waals surface area contributed by atoms with E-state index in [1.165, 1.54) is 16.4 Å². The number of sulfonamides is 1. The van der Waals surface area contributed by atoms with Crippen LogP contribution < -0.4 is 0 Å². The number of halogens is 5. The summed E-state index contributed by atoms with van der Waals surface area (Å²) in [6.45, 7) is 5.22. The number of aliphatic hydroxyl groups is 1. The van der Waals surface area contributed by atoms with Crippen molar-refractivity contribution in [2.75, 3.05) is 57.8 Å². The van der Waals surface area contributed by atoms with E-state index in [4.69, 9.17) is 5.10 Å². The molecule has 1 N–H and O–H groups in total. The van der Waals surface area contributed by atoms with Crippen molar-refractivity contribution in [3.8, 4) is 11.3 Å². The molecule has 5 rings (SSSR count). The van der Waals surface area contributed by atoms with Crippen molar-refractivity contribution in [2.24, 2.45) is 5.92 Å². The van der Waals surface area contributed by atoms with Gasteiger partial charge in [-0.3, -0.25) is 9.58 Å². The van der Waals surface area contributed by atoms with Crippen LogP contribution in [0.5, 0.6) is 0 Å². The Morgan fingerprint density at radius 2 is 1.84 bits per heavy atom. The minimum Gasteiger partial charge on any atom is -0.390 e. The summed E-state index contributed by atoms with van der Waals surface area (Å²) in [5, 5.41) is 15.8. The minimum atomic E-state index is -4.62. The molecule has 0 radical (unpaired) electrons. The maximum Gasteiger partial charge on any atom is 0.417 e. The molecule has 2 fully saturated rings. The molecule has 2 aromatic rings. The van der Waals surface area contributed by atoms with Gasteiger partial charge in [-0.25, -0.2) is 17.2 Å². The lowest BCUT2D eigenvalue weighted by atomic mass is 9.99. The van der Waals surface area contributed by atoms with Gasteiger partial charge in [0.1, 0.15) is 0 Å². The van der Waals surface area contributed by atoms with Crippen LogP contribution in [0.15, 0.2) is 23.1 Å². The van der Waals surface area contributed by atoms with Gasteiger partial charge in [0.05, 0.1) is 36.7 Å². The van der Waals surface area contributed by atoms with Crippen LogP contribution in [0.2, 0.25) is 0 Å². The van der Waals surface area contributed by atoms with E-state index in [0.717, 1.165) is 55.7 Å². The Hall–Kier alpha value is -1.78. The van der Waals surface area contributed by atoms with Crippen LogP contribution in [0.1, 0.15) is 49.4 Å². The van der Waals surface area contributed by atoms with Gasteiger partial charge in [-0.1, -0.05) is 13.0 Å². The fraction of sp³-hybridized carbons (Fsp3) is 0.700. The third kappa shape index (κ3) is 8.78. The monoisotopic (exact) mass is 679 g/mol. The number of hydrogen-bond donors (Lipinski definition) is 1. The van der Waals surface area contributed by atoms with Crippen molar-refractivity contribution >= 4 is 21.8 Å². The number of aliphatic hydroxyl groups excluding tert-OH is 1. The summed E-state index contributed by atoms with van der Waals surface area (Å²) in [6, 6.07) is 3.76. The summed E-state index contributed by atoms with van der Waals surface area (Å²) in [5.41, 5.74) is 1.33. The lowest BCUT2D eigenvalue weighted by Gasteiger charge is -2.32. The SMILES string of the molecule is CC1CCN(C[C@H](O)Cn2nc(-c3ccc(C(F)(F)F)c(SCCN4CCCC(F)(F)C4)c3)c3c2CCN(S(C)(=O)=O)C3)CC1. The maximum atomic E-state index is 14.0. The Morgan fingerprint density at radius 1 is 1.11 bits per heavy atom. The Morgan fingerprint density at radius 3 is 2.51 bits per heavy atom. The zero-order valence-corrected chi connectivity index (χ0v) is 27.3. The molecule has 252 valence electrons. The van der Waals surface area contributed by atoms with Crippen molar-refractivity contribution in [3.63, 3.8) is 0 Å². The van der Waals surface area contributed by atoms with Crippen LogP contribution in [-0.2, 0) is 35.7 Å². The third-order valence-electron chi connectivity index (χ3n) is 8.99. The van der Waals surface area contributed by atoms with Crippen LogP contribution in [0.3, 0.4) is 0 Å². The van der Waals surface area contributed by atoms with Gasteiger partial charge in [-0.05, 0) is 56.9 Å². The van der Waals surface area contributed by atoms with Gasteiger partial charge in [0, 0.05) is 66.5 Å². The first-order valence-corrected chi connectivity index (χ1v) is 18.3. The smallest absolute Gasteiger partial charge is 0.390 e. The number of thioether (sulfide) groups is 1. The highest BCUT2D eigenvalue weighted by molar-refractivity contribution is 7.99. The number of fused-ring (bicyclic) bond motifs is 1. The predicted octanol–water partition coefficient (Wildman–Crippen LogP) is 4.80. The van der Waals surface area contributed by atoms with E-state index in [-0.39, 0.29) is 43.2 Å². The lowest BCUT2D eigenvalue weighted by molar-refractivity contribution is -0.139. The molecule has 0 aliphatic carbocycles. The first-order chi connectivity index (χ1) is 21.1. The second-order valence-corrected chi connectivity index (χ2v) is 15.9. The molecule has 15 heteroatoms. The molecular weight excluding hydrogens is 637 g/mol. The largest absolute Gasteiger partial charge is 0.417 e. The number of aromatic nitrogens is 2. The highest BCUT2D eigenvalue weighted by Crippen LogP contribution is 2.40. The van der Waals surface area contributed by atoms with Gasteiger partial charge in [0.15, 0.2) is 0 Å². The van der Waals surface area contributed by atoms with E-state index in [0.29, 0.717) is 48.7 Å². The van der Waals surface area contributed by atoms with Crippen LogP contribution in [0, 0.1) is 5.92 Å². The first kappa shape index (κ1) is 34.6. The highest BCUT2D eigenvalue weighted by Gasteiger charge is 2.37. The molecule has 0 bridgehead atoms. The lowest BCUT2D eigenvalue weighted by Crippen LogP contribution is -2.43. The van der Waals surface area contributed by atoms with Crippen LogP contribution in [-0.4, -0.2) is 107 Å². The van der Waals surface area contributed by atoms with Gasteiger partial charge in [-0.2, -0.15) is 22.6 Å². The van der Waals surface area contributed by atoms with E-state index in [9.17, 15) is 35.5 Å². The van der Waals surface area contributed by atoms with Crippen molar-refractivity contribution in [3.05, 3.63) is 35.0 Å². The van der Waals surface area contributed by atoms with Crippen molar-refractivity contribution in [2.45, 2.75) is 75.2 Å². The molecule has 0 saturated carbocycles. The molecular formula is C30H42F5N5O3S2. The van der Waals surface area contributed by atoms with E-state index in [1.54, 1.807) is 9.58 Å². The van der Waals surface area contributed by atoms with Crippen LogP contribution in [0.4, 0.5) is 22.0 Å². The number of alkyl halides is 5. The second kappa shape index (κ2) is 13.8. The van der Waals surface area contributed by atoms with E-state index in [1.807, 2.05) is 0 Å². The summed E-state index contributed by atoms with van der Waals surface area (Å²) >= 11 is 0.963. The molecule has 0 amide bonds. The summed E-state index contributed by atoms with van der Waals surface area (Å²) in [5.74, 6) is -1.95. The van der Waals surface area contributed by atoms with Crippen LogP contribution in [0.25, 0.3) is 11.3 Å². The molecule has 3 aliphatic heterocycles. The average Bonchev–Trinajstić information content (AvgIpc) is 3.30. The molecule has 1 aromatic heterocycles. The molecule has 45 heavy (non-hydrogen) atoms. The molecule has 1 aromatic carbocycles. The molecule has 0 spiro atoms. The van der Waals surface area contributed by atoms with E-state index in [2.05, 4.69) is 11.8 Å². The average molecular weight is 680 g/mol. The number of rotatable bonds is 10. The third-order valence-corrected chi connectivity index (χ3v) is 11.3. The van der Waals surface area contributed by atoms with Gasteiger partial charge in [0.25, 0.3) is 5.92 Å². The fourth-order valence-electron chi connectivity index (χ4n) is 6.48.